The minimum atomic E-state index is 0.224. The molecule has 0 bridgehead atoms. The number of hydrazone groups is 1. The summed E-state index contributed by atoms with van der Waals surface area (Å²) in [6.07, 6.45) is 4.15. The normalized spacial score (nSPS) is 10.8. The van der Waals surface area contributed by atoms with E-state index in [1.807, 2.05) is 43.3 Å². The van der Waals surface area contributed by atoms with Crippen molar-refractivity contribution in [2.24, 2.45) is 5.10 Å². The molecule has 2 aromatic carbocycles. The third-order valence-corrected chi connectivity index (χ3v) is 3.87. The third-order valence-electron chi connectivity index (χ3n) is 3.87. The number of aromatic nitrogens is 2. The van der Waals surface area contributed by atoms with Crippen LogP contribution in [0.1, 0.15) is 16.8 Å². The van der Waals surface area contributed by atoms with Crippen LogP contribution in [0.5, 0.6) is 5.75 Å². The molecule has 3 aromatic rings. The highest BCUT2D eigenvalue weighted by atomic mass is 16.3. The van der Waals surface area contributed by atoms with E-state index < -0.39 is 0 Å². The van der Waals surface area contributed by atoms with Gasteiger partial charge in [0, 0.05) is 16.8 Å². The van der Waals surface area contributed by atoms with E-state index in [1.165, 1.54) is 0 Å². The summed E-state index contributed by atoms with van der Waals surface area (Å²) >= 11 is 0. The van der Waals surface area contributed by atoms with Crippen molar-refractivity contribution in [2.75, 3.05) is 5.43 Å². The van der Waals surface area contributed by atoms with Crippen molar-refractivity contribution in [3.8, 4) is 17.1 Å². The lowest BCUT2D eigenvalue weighted by molar-refractivity contribution is 0.475. The Morgan fingerprint density at radius 2 is 1.81 bits per heavy atom. The summed E-state index contributed by atoms with van der Waals surface area (Å²) in [5, 5.41) is 13.6. The smallest absolute Gasteiger partial charge is 0.161 e. The largest absolute Gasteiger partial charge is 0.508 e. The zero-order chi connectivity index (χ0) is 18.4. The van der Waals surface area contributed by atoms with E-state index in [0.29, 0.717) is 18.1 Å². The molecule has 0 aliphatic heterocycles. The van der Waals surface area contributed by atoms with Gasteiger partial charge >= 0.3 is 0 Å². The van der Waals surface area contributed by atoms with Gasteiger partial charge in [-0.25, -0.2) is 9.97 Å². The predicted octanol–water partition coefficient (Wildman–Crippen LogP) is 4.33. The minimum Gasteiger partial charge on any atom is -0.508 e. The summed E-state index contributed by atoms with van der Waals surface area (Å²) in [5.74, 6) is 1.53. The summed E-state index contributed by atoms with van der Waals surface area (Å²) in [6, 6.07) is 16.6. The molecule has 0 fully saturated rings. The van der Waals surface area contributed by atoms with Crippen LogP contribution in [0, 0.1) is 6.92 Å². The number of phenolic OH excluding ortho intramolecular Hbond substituents is 1. The molecular weight excluding hydrogens is 324 g/mol. The monoisotopic (exact) mass is 344 g/mol. The highest BCUT2D eigenvalue weighted by Gasteiger charge is 2.11. The fraction of sp³-hybridized carbons (Fsp3) is 0.0952. The minimum absolute atomic E-state index is 0.224. The molecule has 2 N–H and O–H groups in total. The van der Waals surface area contributed by atoms with Gasteiger partial charge in [-0.15, -0.1) is 6.58 Å². The molecule has 1 heterocycles. The number of nitrogens with zero attached hydrogens (tertiary/aromatic N) is 3. The second kappa shape index (κ2) is 8.07. The van der Waals surface area contributed by atoms with Crippen molar-refractivity contribution in [1.82, 2.24) is 9.97 Å². The van der Waals surface area contributed by atoms with E-state index in [9.17, 15) is 5.11 Å². The first-order chi connectivity index (χ1) is 12.7. The van der Waals surface area contributed by atoms with Crippen molar-refractivity contribution in [1.29, 1.82) is 0 Å². The van der Waals surface area contributed by atoms with Crippen LogP contribution in [0.25, 0.3) is 11.4 Å². The molecule has 130 valence electrons. The Hall–Kier alpha value is -3.47. The zero-order valence-electron chi connectivity index (χ0n) is 14.6. The van der Waals surface area contributed by atoms with Gasteiger partial charge in [0.1, 0.15) is 5.75 Å². The molecule has 0 atom stereocenters. The van der Waals surface area contributed by atoms with E-state index in [4.69, 9.17) is 0 Å². The van der Waals surface area contributed by atoms with Crippen molar-refractivity contribution < 1.29 is 5.11 Å². The Morgan fingerprint density at radius 1 is 1.08 bits per heavy atom. The third kappa shape index (κ3) is 4.13. The first-order valence-corrected chi connectivity index (χ1v) is 8.29. The van der Waals surface area contributed by atoms with Gasteiger partial charge in [-0.05, 0) is 43.2 Å². The second-order valence-electron chi connectivity index (χ2n) is 5.78. The number of allylic oxidation sites excluding steroid dienone is 1. The standard InChI is InChI=1S/C21H20N4O/c1-3-7-19-15(2)23-20(17-8-5-4-6-9-17)24-21(19)25-22-14-16-10-12-18(26)13-11-16/h3-6,8-14,26H,1,7H2,2H3,(H,23,24,25)/b22-14-. The molecule has 0 amide bonds. The Bertz CT molecular complexity index is 919. The van der Waals surface area contributed by atoms with Crippen molar-refractivity contribution in [3.63, 3.8) is 0 Å². The molecule has 0 spiro atoms. The summed E-state index contributed by atoms with van der Waals surface area (Å²) < 4.78 is 0. The van der Waals surface area contributed by atoms with Gasteiger partial charge in [-0.3, -0.25) is 5.43 Å². The number of rotatable bonds is 6. The molecule has 0 aliphatic rings. The van der Waals surface area contributed by atoms with Crippen LogP contribution >= 0.6 is 0 Å². The lowest BCUT2D eigenvalue weighted by Crippen LogP contribution is -2.05. The van der Waals surface area contributed by atoms with Gasteiger partial charge < -0.3 is 5.11 Å². The van der Waals surface area contributed by atoms with Crippen LogP contribution in [0.4, 0.5) is 5.82 Å². The first kappa shape index (κ1) is 17.4. The van der Waals surface area contributed by atoms with Crippen LogP contribution in [0.2, 0.25) is 0 Å². The van der Waals surface area contributed by atoms with Crippen LogP contribution in [0.3, 0.4) is 0 Å². The predicted molar refractivity (Wildman–Crippen MR) is 105 cm³/mol. The van der Waals surface area contributed by atoms with Crippen molar-refractivity contribution in [3.05, 3.63) is 84.1 Å². The topological polar surface area (TPSA) is 70.4 Å². The molecule has 0 saturated heterocycles. The van der Waals surface area contributed by atoms with E-state index in [-0.39, 0.29) is 5.75 Å². The number of aryl methyl sites for hydroxylation is 1. The number of hydrogen-bond donors (Lipinski definition) is 2. The number of phenols is 1. The van der Waals surface area contributed by atoms with Crippen LogP contribution in [-0.2, 0) is 6.42 Å². The molecule has 3 rings (SSSR count). The molecular formula is C21H20N4O. The van der Waals surface area contributed by atoms with Gasteiger partial charge in [-0.1, -0.05) is 36.4 Å². The highest BCUT2D eigenvalue weighted by Crippen LogP contribution is 2.23. The first-order valence-electron chi connectivity index (χ1n) is 8.29. The van der Waals surface area contributed by atoms with Crippen LogP contribution in [0.15, 0.2) is 72.4 Å². The molecule has 0 aliphatic carbocycles. The average molecular weight is 344 g/mol. The van der Waals surface area contributed by atoms with Gasteiger partial charge in [0.25, 0.3) is 0 Å². The van der Waals surface area contributed by atoms with Gasteiger partial charge in [0.2, 0.25) is 0 Å². The van der Waals surface area contributed by atoms with E-state index >= 15 is 0 Å². The summed E-state index contributed by atoms with van der Waals surface area (Å²) in [7, 11) is 0. The maximum Gasteiger partial charge on any atom is 0.161 e. The number of aromatic hydroxyl groups is 1. The molecule has 5 heteroatoms. The summed E-state index contributed by atoms with van der Waals surface area (Å²) in [6.45, 7) is 5.77. The Kier molecular flexibility index (Phi) is 5.39. The maximum atomic E-state index is 9.34. The SMILES string of the molecule is C=CCc1c(C)nc(-c2ccccc2)nc1N/N=C\c1ccc(O)cc1. The van der Waals surface area contributed by atoms with E-state index in [0.717, 1.165) is 22.4 Å². The molecule has 26 heavy (non-hydrogen) atoms. The molecule has 0 saturated carbocycles. The number of benzene rings is 2. The maximum absolute atomic E-state index is 9.34. The molecule has 0 radical (unpaired) electrons. The number of nitrogens with one attached hydrogen (secondary N) is 1. The lowest BCUT2D eigenvalue weighted by atomic mass is 10.1. The Labute approximate surface area is 152 Å². The zero-order valence-corrected chi connectivity index (χ0v) is 14.6. The van der Waals surface area contributed by atoms with Crippen molar-refractivity contribution in [2.45, 2.75) is 13.3 Å². The van der Waals surface area contributed by atoms with Crippen molar-refractivity contribution >= 4 is 12.0 Å². The molecule has 0 unspecified atom stereocenters. The van der Waals surface area contributed by atoms with E-state index in [1.54, 1.807) is 30.5 Å². The summed E-state index contributed by atoms with van der Waals surface area (Å²) in [4.78, 5) is 9.26. The number of anilines is 1. The molecule has 1 aromatic heterocycles. The van der Waals surface area contributed by atoms with E-state index in [2.05, 4.69) is 27.1 Å². The highest BCUT2D eigenvalue weighted by molar-refractivity contribution is 5.80. The Balaban J connectivity index is 1.91. The van der Waals surface area contributed by atoms with Gasteiger partial charge in [-0.2, -0.15) is 5.10 Å². The lowest BCUT2D eigenvalue weighted by Gasteiger charge is -2.11. The number of hydrogen-bond acceptors (Lipinski definition) is 5. The second-order valence-corrected chi connectivity index (χ2v) is 5.78. The quantitative estimate of drug-likeness (QED) is 0.397. The van der Waals surface area contributed by atoms with Crippen LogP contribution < -0.4 is 5.43 Å². The fourth-order valence-electron chi connectivity index (χ4n) is 2.52. The fourth-order valence-corrected chi connectivity index (χ4v) is 2.52. The molecule has 5 nitrogen and oxygen atoms in total. The summed E-state index contributed by atoms with van der Waals surface area (Å²) in [5.41, 5.74) is 6.69. The van der Waals surface area contributed by atoms with Gasteiger partial charge in [0.15, 0.2) is 11.6 Å². The average Bonchev–Trinajstić information content (AvgIpc) is 2.66. The van der Waals surface area contributed by atoms with Gasteiger partial charge in [0.05, 0.1) is 6.21 Å². The Morgan fingerprint density at radius 3 is 2.50 bits per heavy atom. The van der Waals surface area contributed by atoms with Crippen LogP contribution in [-0.4, -0.2) is 21.3 Å².